The summed E-state index contributed by atoms with van der Waals surface area (Å²) in [5, 5.41) is 0.552. The molecule has 0 saturated carbocycles. The van der Waals surface area contributed by atoms with Crippen molar-refractivity contribution in [3.05, 3.63) is 69.0 Å². The van der Waals surface area contributed by atoms with Crippen molar-refractivity contribution in [1.82, 2.24) is 0 Å². The van der Waals surface area contributed by atoms with Crippen LogP contribution in [-0.2, 0) is 6.18 Å². The van der Waals surface area contributed by atoms with E-state index in [1.54, 1.807) is 6.07 Å². The molecule has 0 aliphatic heterocycles. The van der Waals surface area contributed by atoms with E-state index >= 15 is 0 Å². The van der Waals surface area contributed by atoms with Crippen molar-refractivity contribution in [2.45, 2.75) is 11.0 Å². The molecule has 0 bridgehead atoms. The standard InChI is InChI=1S/C14H7BrCl2F4/c15-13(7-1-3-10(16)11(17)5-7)9-6-8(14(19,20)21)2-4-12(9)18/h1-6,13H. The summed E-state index contributed by atoms with van der Waals surface area (Å²) in [5.74, 6) is -0.740. The normalized spacial score (nSPS) is 13.3. The van der Waals surface area contributed by atoms with Crippen molar-refractivity contribution >= 4 is 39.1 Å². The van der Waals surface area contributed by atoms with Crippen LogP contribution in [0.5, 0.6) is 0 Å². The van der Waals surface area contributed by atoms with Crippen LogP contribution in [0, 0.1) is 5.82 Å². The number of alkyl halides is 4. The molecule has 0 aliphatic carbocycles. The molecule has 2 aromatic carbocycles. The lowest BCUT2D eigenvalue weighted by molar-refractivity contribution is -0.137. The molecule has 0 spiro atoms. The van der Waals surface area contributed by atoms with Gasteiger partial charge in [0, 0.05) is 5.56 Å². The van der Waals surface area contributed by atoms with Crippen LogP contribution in [0.15, 0.2) is 36.4 Å². The lowest BCUT2D eigenvalue weighted by Crippen LogP contribution is -2.07. The summed E-state index contributed by atoms with van der Waals surface area (Å²) in [7, 11) is 0. The van der Waals surface area contributed by atoms with Crippen molar-refractivity contribution in [3.63, 3.8) is 0 Å². The summed E-state index contributed by atoms with van der Waals surface area (Å²) in [6.45, 7) is 0. The van der Waals surface area contributed by atoms with Gasteiger partial charge in [-0.3, -0.25) is 0 Å². The van der Waals surface area contributed by atoms with E-state index in [0.717, 1.165) is 12.1 Å². The van der Waals surface area contributed by atoms with Crippen LogP contribution in [0.3, 0.4) is 0 Å². The smallest absolute Gasteiger partial charge is 0.207 e. The zero-order valence-corrected chi connectivity index (χ0v) is 13.3. The monoisotopic (exact) mass is 400 g/mol. The second-order valence-electron chi connectivity index (χ2n) is 4.27. The maximum atomic E-state index is 13.8. The Kier molecular flexibility index (Phi) is 4.85. The van der Waals surface area contributed by atoms with Crippen molar-refractivity contribution < 1.29 is 17.6 Å². The molecule has 0 amide bonds. The number of hydrogen-bond acceptors (Lipinski definition) is 0. The van der Waals surface area contributed by atoms with Gasteiger partial charge in [-0.05, 0) is 35.9 Å². The summed E-state index contributed by atoms with van der Waals surface area (Å²) in [6, 6.07) is 6.81. The molecule has 2 aromatic rings. The van der Waals surface area contributed by atoms with Gasteiger partial charge < -0.3 is 0 Å². The van der Waals surface area contributed by atoms with Gasteiger partial charge in [-0.2, -0.15) is 13.2 Å². The van der Waals surface area contributed by atoms with Crippen LogP contribution >= 0.6 is 39.1 Å². The van der Waals surface area contributed by atoms with Crippen molar-refractivity contribution in [1.29, 1.82) is 0 Å². The van der Waals surface area contributed by atoms with Crippen molar-refractivity contribution in [3.8, 4) is 0 Å². The molecule has 0 saturated heterocycles. The van der Waals surface area contributed by atoms with E-state index in [9.17, 15) is 17.6 Å². The van der Waals surface area contributed by atoms with Gasteiger partial charge in [-0.1, -0.05) is 45.2 Å². The Balaban J connectivity index is 2.47. The zero-order valence-electron chi connectivity index (χ0n) is 10.2. The van der Waals surface area contributed by atoms with Gasteiger partial charge in [0.25, 0.3) is 0 Å². The Labute approximate surface area is 136 Å². The summed E-state index contributed by atoms with van der Waals surface area (Å²) < 4.78 is 51.9. The fourth-order valence-corrected chi connectivity index (χ4v) is 2.71. The molecule has 0 heterocycles. The van der Waals surface area contributed by atoms with E-state index in [4.69, 9.17) is 23.2 Å². The third-order valence-electron chi connectivity index (χ3n) is 2.83. The van der Waals surface area contributed by atoms with Crippen LogP contribution < -0.4 is 0 Å². The Morgan fingerprint density at radius 1 is 0.952 bits per heavy atom. The van der Waals surface area contributed by atoms with E-state index in [1.165, 1.54) is 12.1 Å². The third-order valence-corrected chi connectivity index (χ3v) is 4.59. The molecule has 1 atom stereocenters. The first-order valence-electron chi connectivity index (χ1n) is 5.66. The highest BCUT2D eigenvalue weighted by Crippen LogP contribution is 2.38. The highest BCUT2D eigenvalue weighted by molar-refractivity contribution is 9.09. The molecule has 0 N–H and O–H groups in total. The van der Waals surface area contributed by atoms with E-state index in [2.05, 4.69) is 15.9 Å². The lowest BCUT2D eigenvalue weighted by Gasteiger charge is -2.15. The zero-order chi connectivity index (χ0) is 15.8. The minimum atomic E-state index is -4.53. The first kappa shape index (κ1) is 16.6. The van der Waals surface area contributed by atoms with Gasteiger partial charge >= 0.3 is 6.18 Å². The quantitative estimate of drug-likeness (QED) is 0.391. The molecule has 7 heteroatoms. The molecule has 0 fully saturated rings. The SMILES string of the molecule is Fc1ccc(C(F)(F)F)cc1C(Br)c1ccc(Cl)c(Cl)c1. The molecule has 21 heavy (non-hydrogen) atoms. The summed E-state index contributed by atoms with van der Waals surface area (Å²) >= 11 is 14.8. The molecule has 0 aromatic heterocycles. The summed E-state index contributed by atoms with van der Waals surface area (Å²) in [5.41, 5.74) is -0.533. The van der Waals surface area contributed by atoms with Gasteiger partial charge in [0.15, 0.2) is 0 Å². The molecular weight excluding hydrogens is 395 g/mol. The van der Waals surface area contributed by atoms with Crippen LogP contribution in [0.4, 0.5) is 17.6 Å². The highest BCUT2D eigenvalue weighted by atomic mass is 79.9. The number of benzene rings is 2. The molecule has 1 unspecified atom stereocenters. The topological polar surface area (TPSA) is 0 Å². The Bertz CT molecular complexity index is 671. The molecule has 0 aliphatic rings. The fourth-order valence-electron chi connectivity index (χ4n) is 1.76. The molecule has 112 valence electrons. The van der Waals surface area contributed by atoms with E-state index in [1.807, 2.05) is 0 Å². The second kappa shape index (κ2) is 6.15. The first-order valence-corrected chi connectivity index (χ1v) is 7.33. The van der Waals surface area contributed by atoms with Crippen LogP contribution in [0.25, 0.3) is 0 Å². The lowest BCUT2D eigenvalue weighted by atomic mass is 10.0. The van der Waals surface area contributed by atoms with Gasteiger partial charge in [0.2, 0.25) is 0 Å². The van der Waals surface area contributed by atoms with Crippen LogP contribution in [0.1, 0.15) is 21.5 Å². The largest absolute Gasteiger partial charge is 0.416 e. The number of hydrogen-bond donors (Lipinski definition) is 0. The molecular formula is C14H7BrCl2F4. The number of rotatable bonds is 2. The fraction of sp³-hybridized carbons (Fsp3) is 0.143. The maximum absolute atomic E-state index is 13.8. The van der Waals surface area contributed by atoms with Crippen molar-refractivity contribution in [2.75, 3.05) is 0 Å². The Morgan fingerprint density at radius 3 is 2.19 bits per heavy atom. The van der Waals surface area contributed by atoms with Gasteiger partial charge in [0.1, 0.15) is 5.82 Å². The van der Waals surface area contributed by atoms with E-state index in [-0.39, 0.29) is 10.6 Å². The predicted molar refractivity (Wildman–Crippen MR) is 78.6 cm³/mol. The molecule has 2 rings (SSSR count). The average molecular weight is 402 g/mol. The number of halogens is 7. The van der Waals surface area contributed by atoms with Gasteiger partial charge in [0.05, 0.1) is 20.4 Å². The Morgan fingerprint density at radius 2 is 1.62 bits per heavy atom. The van der Waals surface area contributed by atoms with Crippen LogP contribution in [0.2, 0.25) is 10.0 Å². The minimum Gasteiger partial charge on any atom is -0.207 e. The van der Waals surface area contributed by atoms with Gasteiger partial charge in [-0.25, -0.2) is 4.39 Å². The third kappa shape index (κ3) is 3.71. The maximum Gasteiger partial charge on any atom is 0.416 e. The summed E-state index contributed by atoms with van der Waals surface area (Å²) in [4.78, 5) is -0.769. The minimum absolute atomic E-state index is 0.122. The van der Waals surface area contributed by atoms with E-state index in [0.29, 0.717) is 16.7 Å². The Hall–Kier alpha value is -0.780. The summed E-state index contributed by atoms with van der Waals surface area (Å²) in [6.07, 6.45) is -4.53. The first-order chi connectivity index (χ1) is 9.70. The van der Waals surface area contributed by atoms with Crippen LogP contribution in [-0.4, -0.2) is 0 Å². The van der Waals surface area contributed by atoms with E-state index < -0.39 is 22.4 Å². The van der Waals surface area contributed by atoms with Gasteiger partial charge in [-0.15, -0.1) is 0 Å². The van der Waals surface area contributed by atoms with Crippen molar-refractivity contribution in [2.24, 2.45) is 0 Å². The highest BCUT2D eigenvalue weighted by Gasteiger charge is 2.32. The molecule has 0 nitrogen and oxygen atoms in total. The molecule has 0 radical (unpaired) electrons. The average Bonchev–Trinajstić information content (AvgIpc) is 2.40. The predicted octanol–water partition coefficient (Wildman–Crippen LogP) is 6.64. The second-order valence-corrected chi connectivity index (χ2v) is 6.00.